The second-order valence-electron chi connectivity index (χ2n) is 12.0. The molecule has 1 saturated heterocycles. The number of nitrogens with two attached hydrogens (primary N) is 1. The van der Waals surface area contributed by atoms with Gasteiger partial charge in [-0.3, -0.25) is 14.4 Å². The number of carboxylic acids is 1. The van der Waals surface area contributed by atoms with Gasteiger partial charge in [0.15, 0.2) is 11.6 Å². The first-order chi connectivity index (χ1) is 20.7. The third-order valence-electron chi connectivity index (χ3n) is 8.90. The van der Waals surface area contributed by atoms with Crippen LogP contribution in [-0.4, -0.2) is 46.6 Å². The lowest BCUT2D eigenvalue weighted by atomic mass is 9.91. The summed E-state index contributed by atoms with van der Waals surface area (Å²) < 4.78 is 30.4. The number of piperidine rings is 1. The van der Waals surface area contributed by atoms with Crippen molar-refractivity contribution in [3.05, 3.63) is 94.2 Å². The average Bonchev–Trinajstić information content (AvgIpc) is 3.27. The third kappa shape index (κ3) is 6.06. The molecule has 4 rings (SSSR count). The molecule has 0 aromatic heterocycles. The number of carbonyl (C=O) groups excluding carboxylic acids is 2. The highest BCUT2D eigenvalue weighted by Gasteiger charge is 2.69. The topological polar surface area (TPSA) is 137 Å². The van der Waals surface area contributed by atoms with Gasteiger partial charge >= 0.3 is 5.97 Å². The van der Waals surface area contributed by atoms with Crippen LogP contribution in [0.1, 0.15) is 49.9 Å². The lowest BCUT2D eigenvalue weighted by molar-refractivity contribution is -0.140. The van der Waals surface area contributed by atoms with Gasteiger partial charge in [-0.1, -0.05) is 50.3 Å². The van der Waals surface area contributed by atoms with E-state index in [0.29, 0.717) is 11.1 Å². The predicted octanol–water partition coefficient (Wildman–Crippen LogP) is 5.36. The monoisotopic (exact) mass is 604 g/mol. The van der Waals surface area contributed by atoms with Crippen molar-refractivity contribution in [3.63, 3.8) is 0 Å². The van der Waals surface area contributed by atoms with Gasteiger partial charge in [0.25, 0.3) is 5.91 Å². The van der Waals surface area contributed by atoms with Crippen LogP contribution in [0.5, 0.6) is 0 Å². The van der Waals surface area contributed by atoms with Crippen LogP contribution < -0.4 is 11.1 Å². The highest BCUT2D eigenvalue weighted by Crippen LogP contribution is 2.65. The van der Waals surface area contributed by atoms with Gasteiger partial charge in [0, 0.05) is 24.0 Å². The number of carbonyl (C=O) groups is 3. The van der Waals surface area contributed by atoms with Crippen LogP contribution in [0, 0.1) is 48.1 Å². The van der Waals surface area contributed by atoms with Crippen molar-refractivity contribution >= 4 is 24.0 Å². The molecule has 5 N–H and O–H groups in total. The summed E-state index contributed by atoms with van der Waals surface area (Å²) in [6, 6.07) is 5.48. The first kappa shape index (κ1) is 32.3. The molecular formula is C34H38F2N4O4. The van der Waals surface area contributed by atoms with Crippen molar-refractivity contribution in [2.45, 2.75) is 53.1 Å². The number of likely N-dealkylation sites (tertiary alicyclic amines) is 1. The van der Waals surface area contributed by atoms with Crippen LogP contribution in [0.4, 0.5) is 8.78 Å². The second kappa shape index (κ2) is 12.6. The number of nitrogens with one attached hydrogen (secondary N) is 2. The number of allylic oxidation sites excluding steroid dienone is 4. The van der Waals surface area contributed by atoms with Crippen molar-refractivity contribution in [2.75, 3.05) is 6.54 Å². The molecule has 0 bridgehead atoms. The molecule has 2 aliphatic rings. The summed E-state index contributed by atoms with van der Waals surface area (Å²) in [5.41, 5.74) is 8.12. The number of halogens is 2. The number of aliphatic carboxylic acids is 1. The second-order valence-corrected chi connectivity index (χ2v) is 12.0. The standard InChI is InChI=1S/C34H38F2N4O4/c1-6-7-8-12-25(38)22(16-37)33(44)40-17-23-29(34(23,4)5)31(40)32(43)39-26(15-27(41)42)21-13-20(14-24(35)30(21)36)28-18(2)10-9-11-19(28)3/h6-14,16,23,26,29,31,37H,15,17,38H2,1-5H3,(H,39,43)(H,41,42)/b7-6-,12-8-,25-22+,37-16?/t23?,26-,29?,31-/m0/s1. The third-order valence-corrected chi connectivity index (χ3v) is 8.90. The van der Waals surface area contributed by atoms with E-state index < -0.39 is 47.9 Å². The van der Waals surface area contributed by atoms with Crippen molar-refractivity contribution in [2.24, 2.45) is 23.0 Å². The van der Waals surface area contributed by atoms with Crippen LogP contribution in [0.3, 0.4) is 0 Å². The fraction of sp³-hybridized carbons (Fsp3) is 0.353. The zero-order valence-corrected chi connectivity index (χ0v) is 25.4. The maximum absolute atomic E-state index is 15.4. The molecule has 8 nitrogen and oxygen atoms in total. The van der Waals surface area contributed by atoms with Gasteiger partial charge in [-0.2, -0.15) is 0 Å². The van der Waals surface area contributed by atoms with Gasteiger partial charge in [0.1, 0.15) is 6.04 Å². The Labute approximate surface area is 255 Å². The van der Waals surface area contributed by atoms with Crippen LogP contribution in [0.2, 0.25) is 0 Å². The molecule has 10 heteroatoms. The molecule has 1 heterocycles. The van der Waals surface area contributed by atoms with Gasteiger partial charge in [-0.15, -0.1) is 0 Å². The number of hydrogen-bond acceptors (Lipinski definition) is 5. The SMILES string of the molecule is C\C=C/C=C\C(N)=C(\C=N)C(=O)N1CC2C([C@H]1C(=O)N[C@@H](CC(=O)O)c1cc(-c3c(C)cccc3C)cc(F)c1F)C2(C)C. The van der Waals surface area contributed by atoms with E-state index in [1.165, 1.54) is 17.0 Å². The van der Waals surface area contributed by atoms with Gasteiger partial charge in [0.2, 0.25) is 5.91 Å². The lowest BCUT2D eigenvalue weighted by Gasteiger charge is -2.32. The van der Waals surface area contributed by atoms with Crippen LogP contribution >= 0.6 is 0 Å². The fourth-order valence-electron chi connectivity index (χ4n) is 6.53. The Morgan fingerprint density at radius 1 is 1.18 bits per heavy atom. The highest BCUT2D eigenvalue weighted by atomic mass is 19.2. The number of rotatable bonds is 10. The highest BCUT2D eigenvalue weighted by molar-refractivity contribution is 6.13. The van der Waals surface area contributed by atoms with Gasteiger partial charge in [-0.05, 0) is 78.5 Å². The van der Waals surface area contributed by atoms with Crippen molar-refractivity contribution < 1.29 is 28.3 Å². The Morgan fingerprint density at radius 2 is 1.84 bits per heavy atom. The van der Waals surface area contributed by atoms with Crippen molar-refractivity contribution in [1.29, 1.82) is 5.41 Å². The van der Waals surface area contributed by atoms with E-state index in [9.17, 15) is 19.5 Å². The van der Waals surface area contributed by atoms with E-state index in [1.807, 2.05) is 52.8 Å². The molecule has 44 heavy (non-hydrogen) atoms. The number of fused-ring (bicyclic) bond motifs is 1. The molecule has 1 aliphatic heterocycles. The zero-order valence-electron chi connectivity index (χ0n) is 25.4. The minimum absolute atomic E-state index is 0.0200. The smallest absolute Gasteiger partial charge is 0.305 e. The molecule has 4 atom stereocenters. The van der Waals surface area contributed by atoms with E-state index in [2.05, 4.69) is 5.32 Å². The van der Waals surface area contributed by atoms with Crippen LogP contribution in [-0.2, 0) is 14.4 Å². The maximum Gasteiger partial charge on any atom is 0.305 e. The molecule has 2 amide bonds. The molecule has 2 unspecified atom stereocenters. The van der Waals surface area contributed by atoms with E-state index in [4.69, 9.17) is 11.1 Å². The summed E-state index contributed by atoms with van der Waals surface area (Å²) in [6.07, 6.45) is 6.71. The number of nitrogens with zero attached hydrogens (tertiary/aromatic N) is 1. The molecular weight excluding hydrogens is 566 g/mol. The Bertz CT molecular complexity index is 1590. The summed E-state index contributed by atoms with van der Waals surface area (Å²) in [5.74, 6) is -5.34. The number of aryl methyl sites for hydroxylation is 2. The Balaban J connectivity index is 1.73. The largest absolute Gasteiger partial charge is 0.481 e. The number of hydrogen-bond donors (Lipinski definition) is 4. The number of carboxylic acid groups (broad SMARTS) is 1. The van der Waals surface area contributed by atoms with E-state index in [1.54, 1.807) is 18.2 Å². The van der Waals surface area contributed by atoms with Gasteiger partial charge < -0.3 is 26.5 Å². The Hall–Kier alpha value is -4.60. The van der Waals surface area contributed by atoms with Gasteiger partial charge in [-0.25, -0.2) is 8.78 Å². The van der Waals surface area contributed by atoms with E-state index >= 15 is 8.78 Å². The summed E-state index contributed by atoms with van der Waals surface area (Å²) in [5, 5.41) is 20.2. The zero-order chi connectivity index (χ0) is 32.5. The average molecular weight is 605 g/mol. The van der Waals surface area contributed by atoms with Crippen LogP contribution in [0.15, 0.2) is 65.9 Å². The number of amides is 2. The fourth-order valence-corrected chi connectivity index (χ4v) is 6.53. The first-order valence-electron chi connectivity index (χ1n) is 14.4. The lowest BCUT2D eigenvalue weighted by Crippen LogP contribution is -2.51. The molecule has 0 radical (unpaired) electrons. The minimum atomic E-state index is -1.43. The molecule has 1 aliphatic carbocycles. The summed E-state index contributed by atoms with van der Waals surface area (Å²) >= 11 is 0. The molecule has 2 aromatic rings. The number of benzene rings is 2. The summed E-state index contributed by atoms with van der Waals surface area (Å²) in [6.45, 7) is 9.66. The minimum Gasteiger partial charge on any atom is -0.481 e. The molecule has 232 valence electrons. The normalized spacial score (nSPS) is 21.6. The van der Waals surface area contributed by atoms with E-state index in [0.717, 1.165) is 23.4 Å². The van der Waals surface area contributed by atoms with Crippen LogP contribution in [0.25, 0.3) is 11.1 Å². The summed E-state index contributed by atoms with van der Waals surface area (Å²) in [7, 11) is 0. The predicted molar refractivity (Wildman–Crippen MR) is 165 cm³/mol. The molecule has 2 aromatic carbocycles. The first-order valence-corrected chi connectivity index (χ1v) is 14.4. The molecule has 1 saturated carbocycles. The van der Waals surface area contributed by atoms with Gasteiger partial charge in [0.05, 0.1) is 18.0 Å². The molecule has 2 fully saturated rings. The molecule has 0 spiro atoms. The van der Waals surface area contributed by atoms with E-state index in [-0.39, 0.29) is 40.6 Å². The van der Waals surface area contributed by atoms with Crippen molar-refractivity contribution in [1.82, 2.24) is 10.2 Å². The Kier molecular flexibility index (Phi) is 9.22. The maximum atomic E-state index is 15.4. The Morgan fingerprint density at radius 3 is 2.43 bits per heavy atom. The quantitative estimate of drug-likeness (QED) is 0.165. The van der Waals surface area contributed by atoms with Crippen molar-refractivity contribution in [3.8, 4) is 11.1 Å². The summed E-state index contributed by atoms with van der Waals surface area (Å²) in [4.78, 5) is 40.9.